The van der Waals surface area contributed by atoms with Gasteiger partial charge in [0.2, 0.25) is 0 Å². The normalized spacial score (nSPS) is 32.1. The summed E-state index contributed by atoms with van der Waals surface area (Å²) in [7, 11) is 0. The number of rotatable bonds is 0. The second-order valence-electron chi connectivity index (χ2n) is 11.5. The van der Waals surface area contributed by atoms with E-state index in [1.54, 1.807) is 24.5 Å². The molecular formula is C32H42F2N4. The number of nitrogens with two attached hydrogens (primary N) is 2. The van der Waals surface area contributed by atoms with Gasteiger partial charge in [-0.25, -0.2) is 18.7 Å². The molecule has 4 saturated carbocycles. The van der Waals surface area contributed by atoms with Crippen LogP contribution in [0.5, 0.6) is 0 Å². The zero-order valence-corrected chi connectivity index (χ0v) is 20.8. The average Bonchev–Trinajstić information content (AvgIpc) is 3.25. The quantitative estimate of drug-likeness (QED) is 0.388. The lowest BCUT2D eigenvalue weighted by Crippen LogP contribution is -2.40. The van der Waals surface area contributed by atoms with E-state index in [4.69, 9.17) is 11.5 Å². The van der Waals surface area contributed by atoms with Gasteiger partial charge >= 0.3 is 0 Å². The Balaban J connectivity index is 0.000000200. The van der Waals surface area contributed by atoms with Crippen LogP contribution in [0.3, 0.4) is 0 Å². The van der Waals surface area contributed by atoms with Crippen LogP contribution in [-0.4, -0.2) is 21.0 Å². The second kappa shape index (κ2) is 11.5. The Bertz CT molecular complexity index is 1160. The minimum Gasteiger partial charge on any atom is -0.325 e. The van der Waals surface area contributed by atoms with Gasteiger partial charge in [-0.1, -0.05) is 39.5 Å². The molecule has 0 amide bonds. The molecule has 0 radical (unpaired) electrons. The highest BCUT2D eigenvalue weighted by Crippen LogP contribution is 2.53. The van der Waals surface area contributed by atoms with Crippen molar-refractivity contribution in [3.8, 4) is 23.7 Å². The van der Waals surface area contributed by atoms with Crippen molar-refractivity contribution in [2.24, 2.45) is 22.3 Å². The molecule has 4 bridgehead atoms. The predicted molar refractivity (Wildman–Crippen MR) is 150 cm³/mol. The van der Waals surface area contributed by atoms with E-state index < -0.39 is 0 Å². The maximum atomic E-state index is 13.5. The lowest BCUT2D eigenvalue weighted by Gasteiger charge is -2.33. The summed E-state index contributed by atoms with van der Waals surface area (Å²) in [6, 6.07) is 5.97. The zero-order chi connectivity index (χ0) is 25.3. The fraction of sp³-hybridized carbons (Fsp3) is 0.562. The maximum Gasteiger partial charge on any atom is 0.157 e. The van der Waals surface area contributed by atoms with Crippen LogP contribution in [0, 0.1) is 46.1 Å². The zero-order valence-electron chi connectivity index (χ0n) is 20.8. The largest absolute Gasteiger partial charge is 0.325 e. The van der Waals surface area contributed by atoms with Crippen LogP contribution in [0.4, 0.5) is 8.78 Å². The van der Waals surface area contributed by atoms with Crippen molar-refractivity contribution in [3.05, 3.63) is 59.7 Å². The Hall–Kier alpha value is -2.80. The molecular weight excluding hydrogens is 478 g/mol. The monoisotopic (exact) mass is 520 g/mol. The van der Waals surface area contributed by atoms with E-state index in [9.17, 15) is 8.78 Å². The Morgan fingerprint density at radius 2 is 1.05 bits per heavy atom. The minimum atomic E-state index is -0.339. The molecule has 38 heavy (non-hydrogen) atoms. The third-order valence-electron chi connectivity index (χ3n) is 8.65. The van der Waals surface area contributed by atoms with Crippen LogP contribution in [0.2, 0.25) is 0 Å². The van der Waals surface area contributed by atoms with Gasteiger partial charge in [0, 0.05) is 34.3 Å². The first kappa shape index (κ1) is 29.8. The van der Waals surface area contributed by atoms with Crippen molar-refractivity contribution in [1.29, 1.82) is 0 Å². The van der Waals surface area contributed by atoms with E-state index in [2.05, 4.69) is 33.6 Å². The van der Waals surface area contributed by atoms with Gasteiger partial charge < -0.3 is 11.5 Å². The summed E-state index contributed by atoms with van der Waals surface area (Å²) < 4.78 is 26.9. The van der Waals surface area contributed by atoms with Crippen LogP contribution < -0.4 is 11.5 Å². The fourth-order valence-corrected chi connectivity index (χ4v) is 6.77. The van der Waals surface area contributed by atoms with Crippen LogP contribution in [0.1, 0.15) is 103 Å². The Morgan fingerprint density at radius 3 is 1.45 bits per heavy atom. The molecule has 0 saturated heterocycles. The Morgan fingerprint density at radius 1 is 0.632 bits per heavy atom. The third kappa shape index (κ3) is 6.42. The summed E-state index contributed by atoms with van der Waals surface area (Å²) >= 11 is 0. The van der Waals surface area contributed by atoms with Gasteiger partial charge in [-0.15, -0.1) is 0 Å². The number of halogens is 2. The van der Waals surface area contributed by atoms with Crippen molar-refractivity contribution < 1.29 is 8.78 Å². The smallest absolute Gasteiger partial charge is 0.157 e. The van der Waals surface area contributed by atoms with E-state index in [0.717, 1.165) is 77.0 Å². The molecule has 2 aromatic heterocycles. The first-order chi connectivity index (χ1) is 17.2. The molecule has 0 unspecified atom stereocenters. The summed E-state index contributed by atoms with van der Waals surface area (Å²) in [5, 5.41) is 0. The van der Waals surface area contributed by atoms with Crippen molar-refractivity contribution in [2.75, 3.05) is 0 Å². The summed E-state index contributed by atoms with van der Waals surface area (Å²) in [5.41, 5.74) is 13.2. The Labute approximate surface area is 227 Å². The summed E-state index contributed by atoms with van der Waals surface area (Å²) in [5.74, 6) is 11.7. The van der Waals surface area contributed by atoms with Crippen molar-refractivity contribution in [3.63, 3.8) is 0 Å². The van der Waals surface area contributed by atoms with Crippen molar-refractivity contribution >= 4 is 0 Å². The number of fused-ring (bicyclic) bond motifs is 4. The SMILES string of the molecule is C.C.N[C@@]12CCC[C@@](C#Cc3ncccc3F)(CC1)C2.N[C@]12CCC[C@](C#Cc3ncccc3F)(CC1)C2. The molecule has 6 rings (SSSR count). The van der Waals surface area contributed by atoms with Crippen LogP contribution in [0.15, 0.2) is 36.7 Å². The van der Waals surface area contributed by atoms with Gasteiger partial charge in [0.25, 0.3) is 0 Å². The van der Waals surface area contributed by atoms with Crippen LogP contribution >= 0.6 is 0 Å². The molecule has 2 aromatic rings. The van der Waals surface area contributed by atoms with Gasteiger partial charge in [-0.3, -0.25) is 0 Å². The van der Waals surface area contributed by atoms with Crippen LogP contribution in [-0.2, 0) is 0 Å². The summed E-state index contributed by atoms with van der Waals surface area (Å²) in [6.07, 6.45) is 15.9. The topological polar surface area (TPSA) is 77.8 Å². The first-order valence-corrected chi connectivity index (χ1v) is 13.1. The van der Waals surface area contributed by atoms with E-state index in [0.29, 0.717) is 0 Å². The number of pyridine rings is 2. The van der Waals surface area contributed by atoms with Gasteiger partial charge in [0.1, 0.15) is 11.4 Å². The van der Waals surface area contributed by atoms with E-state index in [-0.39, 0.29) is 59.8 Å². The molecule has 4 aliphatic rings. The fourth-order valence-electron chi connectivity index (χ4n) is 6.77. The molecule has 4 nitrogen and oxygen atoms in total. The summed E-state index contributed by atoms with van der Waals surface area (Å²) in [4.78, 5) is 7.96. The van der Waals surface area contributed by atoms with Crippen LogP contribution in [0.25, 0.3) is 0 Å². The molecule has 2 heterocycles. The predicted octanol–water partition coefficient (Wildman–Crippen LogP) is 6.52. The highest BCUT2D eigenvalue weighted by atomic mass is 19.1. The van der Waals surface area contributed by atoms with E-state index >= 15 is 0 Å². The van der Waals surface area contributed by atoms with Gasteiger partial charge in [0.05, 0.1) is 0 Å². The Kier molecular flexibility index (Phi) is 9.02. The number of aromatic nitrogens is 2. The number of hydrogen-bond donors (Lipinski definition) is 2. The number of nitrogens with zero attached hydrogens (tertiary/aromatic N) is 2. The van der Waals surface area contributed by atoms with E-state index in [1.807, 2.05) is 0 Å². The minimum absolute atomic E-state index is 0. The molecule has 0 aromatic carbocycles. The molecule has 0 spiro atoms. The van der Waals surface area contributed by atoms with Gasteiger partial charge in [-0.05, 0) is 100 Å². The van der Waals surface area contributed by atoms with Gasteiger partial charge in [0.15, 0.2) is 11.6 Å². The highest BCUT2D eigenvalue weighted by Gasteiger charge is 2.49. The molecule has 204 valence electrons. The second-order valence-corrected chi connectivity index (χ2v) is 11.5. The first-order valence-electron chi connectivity index (χ1n) is 13.1. The molecule has 6 heteroatoms. The number of hydrogen-bond acceptors (Lipinski definition) is 4. The standard InChI is InChI=1S/2C15H17FN2.2CH4/c2*16-12-3-1-10-18-13(12)4-7-14-5-2-6-15(17,11-14)9-8-14;;/h2*1,3,10H,2,5-6,8-9,11,17H2;2*1H4/t2*14-,15+;;/m10../s1. The molecule has 4 atom stereocenters. The molecule has 4 N–H and O–H groups in total. The van der Waals surface area contributed by atoms with E-state index in [1.165, 1.54) is 12.1 Å². The highest BCUT2D eigenvalue weighted by molar-refractivity contribution is 5.33. The van der Waals surface area contributed by atoms with Gasteiger partial charge in [-0.2, -0.15) is 0 Å². The lowest BCUT2D eigenvalue weighted by atomic mass is 9.74. The third-order valence-corrected chi connectivity index (χ3v) is 8.65. The average molecular weight is 521 g/mol. The lowest BCUT2D eigenvalue weighted by molar-refractivity contribution is 0.256. The van der Waals surface area contributed by atoms with Crippen molar-refractivity contribution in [2.45, 2.75) is 103 Å². The van der Waals surface area contributed by atoms with Crippen molar-refractivity contribution in [1.82, 2.24) is 9.97 Å². The molecule has 4 fully saturated rings. The molecule has 0 aliphatic heterocycles. The molecule has 4 aliphatic carbocycles. The summed E-state index contributed by atoms with van der Waals surface area (Å²) in [6.45, 7) is 0. The maximum absolute atomic E-state index is 13.5.